The number of rotatable bonds is 12. The molecule has 0 spiro atoms. The second kappa shape index (κ2) is 14.3. The van der Waals surface area contributed by atoms with Gasteiger partial charge in [0.1, 0.15) is 6.61 Å². The standard InChI is InChI=1S/C31H29Cl2N3O5S/c1-21-8-12-25(13-9-21)42(38,39)36-28(24-6-4-3-5-7-24)18-31(37)35-34-19-22-11-15-29(30(17-22)40-2)41-20-23-10-14-26(32)27(33)16-23/h3-17,19,28,36H,18,20H2,1-2H3,(H,35,37)/b34-19-/t28-/m0/s1. The SMILES string of the molecule is COc1cc(/C=N\NC(=O)C[C@H](NS(=O)(=O)c2ccc(C)cc2)c2ccccc2)ccc1OCc1ccc(Cl)c(Cl)c1. The van der Waals surface area contributed by atoms with Crippen molar-refractivity contribution < 1.29 is 22.7 Å². The number of sulfonamides is 1. The van der Waals surface area contributed by atoms with E-state index in [1.54, 1.807) is 66.7 Å². The minimum absolute atomic E-state index is 0.116. The average Bonchev–Trinajstić information content (AvgIpc) is 2.98. The summed E-state index contributed by atoms with van der Waals surface area (Å²) in [5.74, 6) is 0.511. The van der Waals surface area contributed by atoms with Gasteiger partial charge in [0.25, 0.3) is 0 Å². The topological polar surface area (TPSA) is 106 Å². The fraction of sp³-hybridized carbons (Fsp3) is 0.161. The highest BCUT2D eigenvalue weighted by molar-refractivity contribution is 7.89. The van der Waals surface area contributed by atoms with Crippen molar-refractivity contribution >= 4 is 45.3 Å². The van der Waals surface area contributed by atoms with Crippen molar-refractivity contribution in [1.82, 2.24) is 10.1 Å². The Labute approximate surface area is 255 Å². The molecular weight excluding hydrogens is 597 g/mol. The van der Waals surface area contributed by atoms with Crippen LogP contribution in [0.2, 0.25) is 10.0 Å². The van der Waals surface area contributed by atoms with Crippen molar-refractivity contribution in [3.8, 4) is 11.5 Å². The molecule has 0 bridgehead atoms. The molecule has 0 radical (unpaired) electrons. The minimum atomic E-state index is -3.88. The lowest BCUT2D eigenvalue weighted by atomic mass is 10.0. The fourth-order valence-electron chi connectivity index (χ4n) is 3.97. The van der Waals surface area contributed by atoms with E-state index < -0.39 is 22.0 Å². The molecule has 0 unspecified atom stereocenters. The van der Waals surface area contributed by atoms with Gasteiger partial charge in [0, 0.05) is 6.42 Å². The number of halogens is 2. The Morgan fingerprint density at radius 2 is 1.67 bits per heavy atom. The van der Waals surface area contributed by atoms with Gasteiger partial charge in [-0.2, -0.15) is 5.10 Å². The molecular formula is C31H29Cl2N3O5S. The van der Waals surface area contributed by atoms with Gasteiger partial charge >= 0.3 is 0 Å². The van der Waals surface area contributed by atoms with Crippen LogP contribution in [-0.2, 0) is 21.4 Å². The van der Waals surface area contributed by atoms with Gasteiger partial charge in [-0.25, -0.2) is 18.6 Å². The Balaban J connectivity index is 1.40. The zero-order valence-electron chi connectivity index (χ0n) is 22.9. The van der Waals surface area contributed by atoms with Crippen LogP contribution in [0.1, 0.15) is 34.7 Å². The Morgan fingerprint density at radius 1 is 0.929 bits per heavy atom. The molecule has 0 fully saturated rings. The Morgan fingerprint density at radius 3 is 2.36 bits per heavy atom. The van der Waals surface area contributed by atoms with Crippen molar-refractivity contribution in [2.75, 3.05) is 7.11 Å². The zero-order valence-corrected chi connectivity index (χ0v) is 25.2. The van der Waals surface area contributed by atoms with Crippen molar-refractivity contribution in [3.05, 3.63) is 123 Å². The van der Waals surface area contributed by atoms with Gasteiger partial charge in [0.15, 0.2) is 11.5 Å². The van der Waals surface area contributed by atoms with Crippen molar-refractivity contribution in [2.24, 2.45) is 5.10 Å². The third-order valence-corrected chi connectivity index (χ3v) is 8.42. The number of nitrogens with one attached hydrogen (secondary N) is 2. The van der Waals surface area contributed by atoms with Crippen molar-refractivity contribution in [1.29, 1.82) is 0 Å². The van der Waals surface area contributed by atoms with Crippen LogP contribution in [-0.4, -0.2) is 27.6 Å². The molecule has 218 valence electrons. The van der Waals surface area contributed by atoms with Gasteiger partial charge in [-0.3, -0.25) is 4.79 Å². The average molecular weight is 627 g/mol. The maximum atomic E-state index is 13.0. The molecule has 1 atom stereocenters. The van der Waals surface area contributed by atoms with Crippen molar-refractivity contribution in [3.63, 3.8) is 0 Å². The number of hydrogen-bond donors (Lipinski definition) is 2. The van der Waals surface area contributed by atoms with Gasteiger partial charge in [0.05, 0.1) is 34.3 Å². The van der Waals surface area contributed by atoms with Gasteiger partial charge in [-0.1, -0.05) is 77.3 Å². The number of amides is 1. The molecule has 2 N–H and O–H groups in total. The summed E-state index contributed by atoms with van der Waals surface area (Å²) in [6.07, 6.45) is 1.29. The van der Waals surface area contributed by atoms with E-state index in [4.69, 9.17) is 32.7 Å². The molecule has 0 aromatic heterocycles. The van der Waals surface area contributed by atoms with E-state index in [2.05, 4.69) is 15.2 Å². The second-order valence-corrected chi connectivity index (χ2v) is 11.9. The van der Waals surface area contributed by atoms with Crippen LogP contribution in [0.3, 0.4) is 0 Å². The molecule has 0 heterocycles. The first kappa shape index (κ1) is 31.1. The van der Waals surface area contributed by atoms with Crippen molar-refractivity contribution in [2.45, 2.75) is 30.9 Å². The summed E-state index contributed by atoms with van der Waals surface area (Å²) >= 11 is 12.0. The van der Waals surface area contributed by atoms with Gasteiger partial charge in [0.2, 0.25) is 15.9 Å². The van der Waals surface area contributed by atoms with Crippen LogP contribution in [0, 0.1) is 6.92 Å². The maximum absolute atomic E-state index is 13.0. The monoisotopic (exact) mass is 625 g/mol. The Bertz CT molecular complexity index is 1660. The molecule has 42 heavy (non-hydrogen) atoms. The summed E-state index contributed by atoms with van der Waals surface area (Å²) < 4.78 is 40.1. The lowest BCUT2D eigenvalue weighted by Crippen LogP contribution is -2.32. The number of nitrogens with zero attached hydrogens (tertiary/aromatic N) is 1. The van der Waals surface area contributed by atoms with Gasteiger partial charge in [-0.15, -0.1) is 0 Å². The van der Waals surface area contributed by atoms with Crippen LogP contribution >= 0.6 is 23.2 Å². The normalized spacial score (nSPS) is 12.2. The number of benzene rings is 4. The smallest absolute Gasteiger partial charge is 0.242 e. The first-order valence-electron chi connectivity index (χ1n) is 12.9. The Hall–Kier alpha value is -3.89. The highest BCUT2D eigenvalue weighted by Gasteiger charge is 2.23. The van der Waals surface area contributed by atoms with Crippen LogP contribution in [0.4, 0.5) is 0 Å². The highest BCUT2D eigenvalue weighted by Crippen LogP contribution is 2.29. The molecule has 4 aromatic carbocycles. The number of aryl methyl sites for hydroxylation is 1. The van der Waals surface area contributed by atoms with Crippen LogP contribution in [0.5, 0.6) is 11.5 Å². The lowest BCUT2D eigenvalue weighted by Gasteiger charge is -2.18. The number of carbonyl (C=O) groups is 1. The molecule has 0 aliphatic carbocycles. The van der Waals surface area contributed by atoms with Gasteiger partial charge < -0.3 is 9.47 Å². The van der Waals surface area contributed by atoms with Crippen LogP contribution in [0.25, 0.3) is 0 Å². The van der Waals surface area contributed by atoms with E-state index in [-0.39, 0.29) is 17.9 Å². The summed E-state index contributed by atoms with van der Waals surface area (Å²) in [5.41, 5.74) is 5.55. The van der Waals surface area contributed by atoms with E-state index in [9.17, 15) is 13.2 Å². The zero-order chi connectivity index (χ0) is 30.1. The second-order valence-electron chi connectivity index (χ2n) is 9.34. The van der Waals surface area contributed by atoms with E-state index in [0.29, 0.717) is 32.7 Å². The predicted molar refractivity (Wildman–Crippen MR) is 165 cm³/mol. The molecule has 0 saturated carbocycles. The third kappa shape index (κ3) is 8.56. The minimum Gasteiger partial charge on any atom is -0.493 e. The number of methoxy groups -OCH3 is 1. The predicted octanol–water partition coefficient (Wildman–Crippen LogP) is 6.45. The molecule has 1 amide bonds. The molecule has 11 heteroatoms. The number of carbonyl (C=O) groups excluding carboxylic acids is 1. The summed E-state index contributed by atoms with van der Waals surface area (Å²) in [6.45, 7) is 2.13. The van der Waals surface area contributed by atoms with E-state index in [1.807, 2.05) is 19.1 Å². The molecule has 0 aliphatic rings. The summed E-state index contributed by atoms with van der Waals surface area (Å²) in [4.78, 5) is 12.9. The molecule has 0 saturated heterocycles. The summed E-state index contributed by atoms with van der Waals surface area (Å²) in [5, 5.41) is 4.95. The lowest BCUT2D eigenvalue weighted by molar-refractivity contribution is -0.121. The quantitative estimate of drug-likeness (QED) is 0.139. The maximum Gasteiger partial charge on any atom is 0.242 e. The summed E-state index contributed by atoms with van der Waals surface area (Å²) in [6, 6.07) is 25.0. The molecule has 4 rings (SSSR count). The van der Waals surface area contributed by atoms with E-state index >= 15 is 0 Å². The Kier molecular flexibility index (Phi) is 10.6. The number of ether oxygens (including phenoxy) is 2. The first-order chi connectivity index (χ1) is 20.1. The largest absolute Gasteiger partial charge is 0.493 e. The fourth-order valence-corrected chi connectivity index (χ4v) is 5.51. The van der Waals surface area contributed by atoms with Crippen LogP contribution < -0.4 is 19.6 Å². The first-order valence-corrected chi connectivity index (χ1v) is 15.1. The van der Waals surface area contributed by atoms with Crippen LogP contribution in [0.15, 0.2) is 101 Å². The molecule has 8 nitrogen and oxygen atoms in total. The number of hydrazone groups is 1. The highest BCUT2D eigenvalue weighted by atomic mass is 35.5. The van der Waals surface area contributed by atoms with E-state index in [1.165, 1.54) is 25.5 Å². The summed E-state index contributed by atoms with van der Waals surface area (Å²) in [7, 11) is -2.36. The molecule has 4 aromatic rings. The van der Waals surface area contributed by atoms with Gasteiger partial charge in [-0.05, 0) is 66.1 Å². The third-order valence-electron chi connectivity index (χ3n) is 6.19. The van der Waals surface area contributed by atoms with E-state index in [0.717, 1.165) is 11.1 Å². The molecule has 0 aliphatic heterocycles. The number of hydrogen-bond acceptors (Lipinski definition) is 6.